The zero-order valence-electron chi connectivity index (χ0n) is 14.9. The van der Waals surface area contributed by atoms with Gasteiger partial charge in [0.05, 0.1) is 0 Å². The Morgan fingerprint density at radius 3 is 2.50 bits per heavy atom. The molecule has 1 aromatic carbocycles. The normalized spacial score (nSPS) is 15.8. The first-order valence-corrected chi connectivity index (χ1v) is 9.08. The number of anilines is 1. The van der Waals surface area contributed by atoms with Crippen LogP contribution in [-0.2, 0) is 0 Å². The van der Waals surface area contributed by atoms with Crippen molar-refractivity contribution in [2.45, 2.75) is 32.2 Å². The number of piperidine rings is 1. The minimum absolute atomic E-state index is 0.406. The molecule has 1 aliphatic heterocycles. The monoisotopic (exact) mass is 349 g/mol. The molecule has 134 valence electrons. The Hall–Kier alpha value is -2.73. The fourth-order valence-corrected chi connectivity index (χ4v) is 3.22. The highest BCUT2D eigenvalue weighted by molar-refractivity contribution is 5.56. The summed E-state index contributed by atoms with van der Waals surface area (Å²) in [4.78, 5) is 11.4. The number of hydrogen-bond donors (Lipinski definition) is 1. The van der Waals surface area contributed by atoms with Crippen molar-refractivity contribution >= 4 is 5.82 Å². The van der Waals surface area contributed by atoms with Gasteiger partial charge in [0.1, 0.15) is 11.9 Å². The highest BCUT2D eigenvalue weighted by Gasteiger charge is 2.18. The molecule has 0 bridgehead atoms. The second-order valence-electron chi connectivity index (χ2n) is 6.80. The Morgan fingerprint density at radius 2 is 1.81 bits per heavy atom. The molecule has 2 N–H and O–H groups in total. The van der Waals surface area contributed by atoms with Crippen molar-refractivity contribution < 1.29 is 4.52 Å². The van der Waals surface area contributed by atoms with E-state index in [0.717, 1.165) is 30.0 Å². The summed E-state index contributed by atoms with van der Waals surface area (Å²) in [5.74, 6) is 1.93. The lowest BCUT2D eigenvalue weighted by Crippen LogP contribution is -2.29. The molecule has 2 aromatic heterocycles. The van der Waals surface area contributed by atoms with E-state index < -0.39 is 6.04 Å². The molecular weight excluding hydrogens is 326 g/mol. The van der Waals surface area contributed by atoms with Crippen LogP contribution >= 0.6 is 0 Å². The molecule has 6 heteroatoms. The van der Waals surface area contributed by atoms with Gasteiger partial charge in [-0.25, -0.2) is 4.98 Å². The average molecular weight is 349 g/mol. The van der Waals surface area contributed by atoms with E-state index in [4.69, 9.17) is 10.3 Å². The molecule has 3 aromatic rings. The van der Waals surface area contributed by atoms with Crippen LogP contribution in [0.25, 0.3) is 11.4 Å². The molecular formula is C20H23N5O. The molecule has 1 saturated heterocycles. The summed E-state index contributed by atoms with van der Waals surface area (Å²) >= 11 is 0. The largest absolute Gasteiger partial charge is 0.357 e. The molecule has 0 saturated carbocycles. The molecule has 0 aliphatic carbocycles. The maximum atomic E-state index is 6.26. The van der Waals surface area contributed by atoms with Crippen molar-refractivity contribution in [3.8, 4) is 11.4 Å². The van der Waals surface area contributed by atoms with E-state index in [9.17, 15) is 0 Å². The van der Waals surface area contributed by atoms with E-state index in [1.165, 1.54) is 24.8 Å². The first-order chi connectivity index (χ1) is 12.7. The molecule has 0 amide bonds. The van der Waals surface area contributed by atoms with Gasteiger partial charge in [0, 0.05) is 24.8 Å². The Morgan fingerprint density at radius 1 is 1.04 bits per heavy atom. The van der Waals surface area contributed by atoms with Crippen LogP contribution in [0.5, 0.6) is 0 Å². The number of pyridine rings is 1. The van der Waals surface area contributed by atoms with Gasteiger partial charge >= 0.3 is 0 Å². The van der Waals surface area contributed by atoms with Crippen molar-refractivity contribution in [1.82, 2.24) is 15.1 Å². The van der Waals surface area contributed by atoms with Gasteiger partial charge in [-0.05, 0) is 43.9 Å². The van der Waals surface area contributed by atoms with Crippen molar-refractivity contribution in [1.29, 1.82) is 0 Å². The summed E-state index contributed by atoms with van der Waals surface area (Å²) < 4.78 is 5.39. The highest BCUT2D eigenvalue weighted by Crippen LogP contribution is 2.24. The van der Waals surface area contributed by atoms with Crippen LogP contribution in [0, 0.1) is 6.92 Å². The van der Waals surface area contributed by atoms with Crippen LogP contribution in [0.15, 0.2) is 47.1 Å². The fourth-order valence-electron chi connectivity index (χ4n) is 3.22. The number of aryl methyl sites for hydroxylation is 1. The second kappa shape index (κ2) is 7.25. The third-order valence-corrected chi connectivity index (χ3v) is 4.83. The number of hydrogen-bond acceptors (Lipinski definition) is 6. The summed E-state index contributed by atoms with van der Waals surface area (Å²) in [6.45, 7) is 4.19. The minimum atomic E-state index is -0.433. The highest BCUT2D eigenvalue weighted by atomic mass is 16.5. The van der Waals surface area contributed by atoms with Crippen LogP contribution in [0.1, 0.15) is 42.3 Å². The van der Waals surface area contributed by atoms with Gasteiger partial charge in [0.15, 0.2) is 0 Å². The Bertz CT molecular complexity index is 851. The molecule has 1 aliphatic rings. The number of nitrogens with two attached hydrogens (primary N) is 1. The van der Waals surface area contributed by atoms with Crippen molar-refractivity contribution in [2.24, 2.45) is 5.73 Å². The summed E-state index contributed by atoms with van der Waals surface area (Å²) in [6.07, 6.45) is 5.57. The summed E-state index contributed by atoms with van der Waals surface area (Å²) in [6, 6.07) is 11.6. The van der Waals surface area contributed by atoms with E-state index in [1.807, 2.05) is 43.3 Å². The van der Waals surface area contributed by atoms with Crippen LogP contribution in [0.2, 0.25) is 0 Å². The molecule has 1 atom stereocenters. The molecule has 4 rings (SSSR count). The van der Waals surface area contributed by atoms with E-state index in [2.05, 4.69) is 20.0 Å². The number of nitrogens with zero attached hydrogens (tertiary/aromatic N) is 4. The average Bonchev–Trinajstić information content (AvgIpc) is 3.19. The molecule has 1 unspecified atom stereocenters. The minimum Gasteiger partial charge on any atom is -0.357 e. The van der Waals surface area contributed by atoms with Crippen molar-refractivity contribution in [3.63, 3.8) is 0 Å². The van der Waals surface area contributed by atoms with Crippen molar-refractivity contribution in [3.05, 3.63) is 59.6 Å². The van der Waals surface area contributed by atoms with Gasteiger partial charge in [0.25, 0.3) is 0 Å². The first kappa shape index (κ1) is 16.7. The standard InChI is InChI=1S/C20H23N5O/c1-14-5-7-15(8-6-14)18(21)20-23-19(24-26-20)16-9-10-17(22-13-16)25-11-3-2-4-12-25/h5-10,13,18H,2-4,11-12,21H2,1H3. The molecule has 6 nitrogen and oxygen atoms in total. The zero-order valence-corrected chi connectivity index (χ0v) is 14.9. The van der Waals surface area contributed by atoms with E-state index in [-0.39, 0.29) is 0 Å². The van der Waals surface area contributed by atoms with E-state index >= 15 is 0 Å². The zero-order chi connectivity index (χ0) is 17.9. The van der Waals surface area contributed by atoms with Gasteiger partial charge in [-0.15, -0.1) is 0 Å². The maximum Gasteiger partial charge on any atom is 0.248 e. The lowest BCUT2D eigenvalue weighted by molar-refractivity contribution is 0.367. The number of benzene rings is 1. The van der Waals surface area contributed by atoms with E-state index in [1.54, 1.807) is 6.20 Å². The summed E-state index contributed by atoms with van der Waals surface area (Å²) in [5, 5.41) is 4.07. The predicted octanol–water partition coefficient (Wildman–Crippen LogP) is 3.48. The third-order valence-electron chi connectivity index (χ3n) is 4.83. The molecule has 0 radical (unpaired) electrons. The quantitative estimate of drug-likeness (QED) is 0.777. The Labute approximate surface area is 153 Å². The van der Waals surface area contributed by atoms with Gasteiger partial charge in [-0.1, -0.05) is 35.0 Å². The summed E-state index contributed by atoms with van der Waals surface area (Å²) in [5.41, 5.74) is 9.23. The number of rotatable bonds is 4. The SMILES string of the molecule is Cc1ccc(C(N)c2nc(-c3ccc(N4CCCCC4)nc3)no2)cc1. The van der Waals surface area contributed by atoms with Crippen LogP contribution in [-0.4, -0.2) is 28.2 Å². The summed E-state index contributed by atoms with van der Waals surface area (Å²) in [7, 11) is 0. The topological polar surface area (TPSA) is 81.1 Å². The van der Waals surface area contributed by atoms with E-state index in [0.29, 0.717) is 11.7 Å². The van der Waals surface area contributed by atoms with Crippen molar-refractivity contribution in [2.75, 3.05) is 18.0 Å². The molecule has 26 heavy (non-hydrogen) atoms. The van der Waals surface area contributed by atoms with Gasteiger partial charge in [-0.3, -0.25) is 0 Å². The van der Waals surface area contributed by atoms with Gasteiger partial charge in [0.2, 0.25) is 11.7 Å². The fraction of sp³-hybridized carbons (Fsp3) is 0.350. The molecule has 1 fully saturated rings. The Balaban J connectivity index is 1.51. The third kappa shape index (κ3) is 3.46. The molecule has 0 spiro atoms. The van der Waals surface area contributed by atoms with Crippen LogP contribution in [0.3, 0.4) is 0 Å². The van der Waals surface area contributed by atoms with Crippen LogP contribution < -0.4 is 10.6 Å². The second-order valence-corrected chi connectivity index (χ2v) is 6.80. The smallest absolute Gasteiger partial charge is 0.248 e. The lowest BCUT2D eigenvalue weighted by Gasteiger charge is -2.27. The van der Waals surface area contributed by atoms with Gasteiger partial charge in [-0.2, -0.15) is 4.98 Å². The number of aromatic nitrogens is 3. The molecule has 3 heterocycles. The van der Waals surface area contributed by atoms with Gasteiger partial charge < -0.3 is 15.2 Å². The Kier molecular flexibility index (Phi) is 4.67. The maximum absolute atomic E-state index is 6.26. The van der Waals surface area contributed by atoms with Crippen LogP contribution in [0.4, 0.5) is 5.82 Å². The lowest BCUT2D eigenvalue weighted by atomic mass is 10.1. The predicted molar refractivity (Wildman–Crippen MR) is 101 cm³/mol. The first-order valence-electron chi connectivity index (χ1n) is 9.08.